The Morgan fingerprint density at radius 1 is 1.41 bits per heavy atom. The molecule has 1 fully saturated rings. The van der Waals surface area contributed by atoms with Gasteiger partial charge in [0, 0.05) is 0 Å². The van der Waals surface area contributed by atoms with Crippen molar-refractivity contribution in [2.75, 3.05) is 0 Å². The van der Waals surface area contributed by atoms with Gasteiger partial charge in [-0.15, -0.1) is 0 Å². The van der Waals surface area contributed by atoms with Gasteiger partial charge in [-0.25, -0.2) is 4.79 Å². The number of carbonyl (C=O) groups excluding carboxylic acids is 1. The molecule has 17 heavy (non-hydrogen) atoms. The Morgan fingerprint density at radius 3 is 2.47 bits per heavy atom. The fourth-order valence-electron chi connectivity index (χ4n) is 1.75. The first-order chi connectivity index (χ1) is 7.81. The summed E-state index contributed by atoms with van der Waals surface area (Å²) in [4.78, 5) is 11.7. The normalized spacial score (nSPS) is 17.6. The van der Waals surface area contributed by atoms with E-state index in [4.69, 9.17) is 9.15 Å². The second-order valence-corrected chi connectivity index (χ2v) is 5.62. The standard InChI is InChI=1S/C13H19NO3/c1-9-5-6-10(16-9)13(7-8-13)14-11(15)17-12(2,3)4/h5-6H,7-8H2,1-4H3,(H,14,15). The van der Waals surface area contributed by atoms with Gasteiger partial charge in [0.25, 0.3) is 0 Å². The molecule has 0 radical (unpaired) electrons. The summed E-state index contributed by atoms with van der Waals surface area (Å²) in [6, 6.07) is 3.83. The number of alkyl carbamates (subject to hydrolysis) is 1. The molecule has 1 aliphatic carbocycles. The zero-order valence-corrected chi connectivity index (χ0v) is 10.8. The van der Waals surface area contributed by atoms with Gasteiger partial charge in [0.05, 0.1) is 0 Å². The summed E-state index contributed by atoms with van der Waals surface area (Å²) in [6.45, 7) is 7.45. The molecule has 1 N–H and O–H groups in total. The molecule has 1 amide bonds. The molecular formula is C13H19NO3. The first kappa shape index (κ1) is 12.0. The van der Waals surface area contributed by atoms with E-state index < -0.39 is 5.60 Å². The first-order valence-electron chi connectivity index (χ1n) is 5.89. The second kappa shape index (κ2) is 3.79. The highest BCUT2D eigenvalue weighted by molar-refractivity contribution is 5.69. The van der Waals surface area contributed by atoms with Crippen molar-refractivity contribution in [2.24, 2.45) is 0 Å². The minimum Gasteiger partial charge on any atom is -0.464 e. The average Bonchev–Trinajstić information content (AvgIpc) is 2.77. The molecule has 1 aromatic rings. The molecule has 0 aliphatic heterocycles. The Balaban J connectivity index is 2.02. The highest BCUT2D eigenvalue weighted by atomic mass is 16.6. The van der Waals surface area contributed by atoms with Gasteiger partial charge < -0.3 is 14.5 Å². The quantitative estimate of drug-likeness (QED) is 0.859. The Morgan fingerprint density at radius 2 is 2.06 bits per heavy atom. The third-order valence-electron chi connectivity index (χ3n) is 2.70. The van der Waals surface area contributed by atoms with Crippen LogP contribution in [-0.4, -0.2) is 11.7 Å². The van der Waals surface area contributed by atoms with Gasteiger partial charge in [-0.05, 0) is 52.7 Å². The van der Waals surface area contributed by atoms with E-state index in [9.17, 15) is 4.79 Å². The lowest BCUT2D eigenvalue weighted by Crippen LogP contribution is -2.39. The summed E-state index contributed by atoms with van der Waals surface area (Å²) in [5.41, 5.74) is -0.810. The van der Waals surface area contributed by atoms with E-state index in [2.05, 4.69) is 5.32 Å². The van der Waals surface area contributed by atoms with E-state index in [0.29, 0.717) is 0 Å². The maximum Gasteiger partial charge on any atom is 0.408 e. The number of hydrogen-bond donors (Lipinski definition) is 1. The molecule has 1 saturated carbocycles. The molecule has 0 atom stereocenters. The van der Waals surface area contributed by atoms with Gasteiger partial charge in [0.15, 0.2) is 0 Å². The summed E-state index contributed by atoms with van der Waals surface area (Å²) in [5, 5.41) is 2.90. The maximum atomic E-state index is 11.7. The van der Waals surface area contributed by atoms with Crippen LogP contribution >= 0.6 is 0 Å². The van der Waals surface area contributed by atoms with Gasteiger partial charge in [-0.3, -0.25) is 0 Å². The average molecular weight is 237 g/mol. The van der Waals surface area contributed by atoms with Crippen molar-refractivity contribution in [1.82, 2.24) is 5.32 Å². The van der Waals surface area contributed by atoms with Crippen molar-refractivity contribution in [3.05, 3.63) is 23.7 Å². The fourth-order valence-corrected chi connectivity index (χ4v) is 1.75. The minimum atomic E-state index is -0.473. The van der Waals surface area contributed by atoms with Crippen molar-refractivity contribution in [2.45, 2.75) is 51.7 Å². The summed E-state index contributed by atoms with van der Waals surface area (Å²) in [6.07, 6.45) is 1.42. The van der Waals surface area contributed by atoms with Gasteiger partial charge in [0.2, 0.25) is 0 Å². The van der Waals surface area contributed by atoms with Crippen molar-refractivity contribution in [3.63, 3.8) is 0 Å². The van der Waals surface area contributed by atoms with Crippen LogP contribution in [0.4, 0.5) is 4.79 Å². The zero-order chi connectivity index (χ0) is 12.7. The van der Waals surface area contributed by atoms with Crippen LogP contribution in [0.3, 0.4) is 0 Å². The van der Waals surface area contributed by atoms with Crippen molar-refractivity contribution in [3.8, 4) is 0 Å². The van der Waals surface area contributed by atoms with Crippen LogP contribution in [0.5, 0.6) is 0 Å². The smallest absolute Gasteiger partial charge is 0.408 e. The van der Waals surface area contributed by atoms with Crippen LogP contribution < -0.4 is 5.32 Å². The first-order valence-corrected chi connectivity index (χ1v) is 5.89. The van der Waals surface area contributed by atoms with Crippen molar-refractivity contribution < 1.29 is 13.9 Å². The van der Waals surface area contributed by atoms with Crippen LogP contribution in [0.15, 0.2) is 16.5 Å². The summed E-state index contributed by atoms with van der Waals surface area (Å²) in [5.74, 6) is 1.68. The van der Waals surface area contributed by atoms with Crippen LogP contribution in [-0.2, 0) is 10.3 Å². The van der Waals surface area contributed by atoms with E-state index in [1.165, 1.54) is 0 Å². The molecular weight excluding hydrogens is 218 g/mol. The third kappa shape index (κ3) is 2.81. The van der Waals surface area contributed by atoms with E-state index in [-0.39, 0.29) is 11.6 Å². The fraction of sp³-hybridized carbons (Fsp3) is 0.615. The number of ether oxygens (including phenoxy) is 1. The predicted octanol–water partition coefficient (Wildman–Crippen LogP) is 3.10. The number of aryl methyl sites for hydroxylation is 1. The molecule has 1 aliphatic rings. The number of amides is 1. The number of hydrogen-bond acceptors (Lipinski definition) is 3. The van der Waals surface area contributed by atoms with Gasteiger partial charge in [-0.1, -0.05) is 0 Å². The Kier molecular flexibility index (Phi) is 2.68. The van der Waals surface area contributed by atoms with Crippen LogP contribution in [0.1, 0.15) is 45.1 Å². The van der Waals surface area contributed by atoms with Crippen LogP contribution in [0.25, 0.3) is 0 Å². The SMILES string of the molecule is Cc1ccc(C2(NC(=O)OC(C)(C)C)CC2)o1. The zero-order valence-electron chi connectivity index (χ0n) is 10.8. The lowest BCUT2D eigenvalue weighted by Gasteiger charge is -2.22. The molecule has 2 rings (SSSR count). The van der Waals surface area contributed by atoms with Gasteiger partial charge >= 0.3 is 6.09 Å². The van der Waals surface area contributed by atoms with E-state index in [0.717, 1.165) is 24.4 Å². The molecule has 0 unspecified atom stereocenters. The number of furan rings is 1. The number of rotatable bonds is 2. The highest BCUT2D eigenvalue weighted by Crippen LogP contribution is 2.46. The molecule has 0 aromatic carbocycles. The van der Waals surface area contributed by atoms with Gasteiger partial charge in [0.1, 0.15) is 22.7 Å². The molecule has 94 valence electrons. The molecule has 4 heteroatoms. The van der Waals surface area contributed by atoms with E-state index >= 15 is 0 Å². The Bertz CT molecular complexity index is 424. The highest BCUT2D eigenvalue weighted by Gasteiger charge is 2.49. The molecule has 0 spiro atoms. The molecule has 1 heterocycles. The maximum absolute atomic E-state index is 11.7. The van der Waals surface area contributed by atoms with Crippen LogP contribution in [0.2, 0.25) is 0 Å². The van der Waals surface area contributed by atoms with Crippen molar-refractivity contribution >= 4 is 6.09 Å². The monoisotopic (exact) mass is 237 g/mol. The number of nitrogens with one attached hydrogen (secondary N) is 1. The Labute approximate surface area is 101 Å². The van der Waals surface area contributed by atoms with E-state index in [1.807, 2.05) is 39.8 Å². The molecule has 0 saturated heterocycles. The molecule has 1 aromatic heterocycles. The minimum absolute atomic E-state index is 0.337. The van der Waals surface area contributed by atoms with Crippen LogP contribution in [0, 0.1) is 6.92 Å². The third-order valence-corrected chi connectivity index (χ3v) is 2.70. The summed E-state index contributed by atoms with van der Waals surface area (Å²) < 4.78 is 10.8. The predicted molar refractivity (Wildman–Crippen MR) is 63.7 cm³/mol. The van der Waals surface area contributed by atoms with E-state index in [1.54, 1.807) is 0 Å². The largest absolute Gasteiger partial charge is 0.464 e. The second-order valence-electron chi connectivity index (χ2n) is 5.62. The lowest BCUT2D eigenvalue weighted by molar-refractivity contribution is 0.0487. The molecule has 4 nitrogen and oxygen atoms in total. The summed E-state index contributed by atoms with van der Waals surface area (Å²) >= 11 is 0. The number of carbonyl (C=O) groups is 1. The van der Waals surface area contributed by atoms with Gasteiger partial charge in [-0.2, -0.15) is 0 Å². The molecule has 0 bridgehead atoms. The lowest BCUT2D eigenvalue weighted by atomic mass is 10.2. The van der Waals surface area contributed by atoms with Crippen molar-refractivity contribution in [1.29, 1.82) is 0 Å². The summed E-state index contributed by atoms with van der Waals surface area (Å²) in [7, 11) is 0. The topological polar surface area (TPSA) is 51.5 Å². The Hall–Kier alpha value is -1.45.